The molecular weight excluding hydrogens is 274 g/mol. The Morgan fingerprint density at radius 1 is 1.15 bits per heavy atom. The maximum atomic E-state index is 12.0. The summed E-state index contributed by atoms with van der Waals surface area (Å²) >= 11 is 1.19. The molecule has 0 heterocycles. The van der Waals surface area contributed by atoms with E-state index >= 15 is 0 Å². The average molecular weight is 287 g/mol. The molecule has 0 atom stereocenters. The number of para-hydroxylation sites is 1. The van der Waals surface area contributed by atoms with Gasteiger partial charge in [0.05, 0.1) is 15.6 Å². The Labute approximate surface area is 121 Å². The first-order chi connectivity index (χ1) is 9.58. The summed E-state index contributed by atoms with van der Waals surface area (Å²) < 4.78 is 0. The topological polar surface area (TPSA) is 60.2 Å². The van der Waals surface area contributed by atoms with Crippen LogP contribution < -0.4 is 0 Å². The number of nitro benzene ring substituents is 1. The summed E-state index contributed by atoms with van der Waals surface area (Å²) in [7, 11) is 0. The fourth-order valence-electron chi connectivity index (χ4n) is 1.70. The molecule has 0 fully saturated rings. The molecule has 4 nitrogen and oxygen atoms in total. The van der Waals surface area contributed by atoms with Gasteiger partial charge in [-0.3, -0.25) is 14.9 Å². The number of rotatable bonds is 5. The van der Waals surface area contributed by atoms with Crippen molar-refractivity contribution in [3.8, 4) is 0 Å². The number of hydrogen-bond donors (Lipinski definition) is 0. The average Bonchev–Trinajstić information content (AvgIpc) is 2.45. The summed E-state index contributed by atoms with van der Waals surface area (Å²) in [5, 5.41) is 10.9. The van der Waals surface area contributed by atoms with Gasteiger partial charge in [0.15, 0.2) is 5.78 Å². The van der Waals surface area contributed by atoms with Crippen LogP contribution in [0.1, 0.15) is 15.9 Å². The van der Waals surface area contributed by atoms with Gasteiger partial charge >= 0.3 is 0 Å². The number of benzene rings is 2. The first-order valence-corrected chi connectivity index (χ1v) is 7.02. The molecule has 0 aliphatic heterocycles. The van der Waals surface area contributed by atoms with Gasteiger partial charge in [-0.05, 0) is 13.0 Å². The van der Waals surface area contributed by atoms with Crippen LogP contribution in [0.25, 0.3) is 0 Å². The van der Waals surface area contributed by atoms with Gasteiger partial charge in [0.2, 0.25) is 0 Å². The van der Waals surface area contributed by atoms with Crippen LogP contribution in [-0.4, -0.2) is 16.5 Å². The van der Waals surface area contributed by atoms with Gasteiger partial charge in [0.1, 0.15) is 0 Å². The molecule has 0 unspecified atom stereocenters. The molecule has 0 aliphatic carbocycles. The SMILES string of the molecule is Cc1ccc(C(=O)CSc2ccccc2[N+](=O)[O-])cc1. The largest absolute Gasteiger partial charge is 0.293 e. The third-order valence-electron chi connectivity index (χ3n) is 2.79. The van der Waals surface area contributed by atoms with E-state index in [0.29, 0.717) is 10.5 Å². The van der Waals surface area contributed by atoms with Crippen molar-refractivity contribution in [3.63, 3.8) is 0 Å². The van der Waals surface area contributed by atoms with E-state index in [4.69, 9.17) is 0 Å². The maximum absolute atomic E-state index is 12.0. The normalized spacial score (nSPS) is 10.2. The van der Waals surface area contributed by atoms with Gasteiger partial charge in [0.25, 0.3) is 5.69 Å². The number of nitrogens with zero attached hydrogens (tertiary/aromatic N) is 1. The fourth-order valence-corrected chi connectivity index (χ4v) is 2.61. The monoisotopic (exact) mass is 287 g/mol. The predicted octanol–water partition coefficient (Wildman–Crippen LogP) is 3.88. The quantitative estimate of drug-likeness (QED) is 0.362. The molecule has 2 aromatic rings. The first kappa shape index (κ1) is 14.3. The van der Waals surface area contributed by atoms with Crippen molar-refractivity contribution in [3.05, 3.63) is 69.8 Å². The van der Waals surface area contributed by atoms with Crippen LogP contribution in [0.5, 0.6) is 0 Å². The minimum absolute atomic E-state index is 0.0341. The second-order valence-electron chi connectivity index (χ2n) is 4.30. The summed E-state index contributed by atoms with van der Waals surface area (Å²) in [6, 6.07) is 13.8. The highest BCUT2D eigenvalue weighted by Crippen LogP contribution is 2.29. The molecule has 5 heteroatoms. The zero-order chi connectivity index (χ0) is 14.5. The molecule has 0 bridgehead atoms. The maximum Gasteiger partial charge on any atom is 0.282 e. The summed E-state index contributed by atoms with van der Waals surface area (Å²) in [6.07, 6.45) is 0. The molecule has 2 rings (SSSR count). The number of Topliss-reactive ketones (excluding diaryl/α,β-unsaturated/α-hetero) is 1. The minimum atomic E-state index is -0.432. The molecular formula is C15H13NO3S. The number of ketones is 1. The Morgan fingerprint density at radius 3 is 2.45 bits per heavy atom. The van der Waals surface area contributed by atoms with E-state index in [1.54, 1.807) is 30.3 Å². The number of carbonyl (C=O) groups is 1. The second-order valence-corrected chi connectivity index (χ2v) is 5.32. The molecule has 0 spiro atoms. The fraction of sp³-hybridized carbons (Fsp3) is 0.133. The van der Waals surface area contributed by atoms with E-state index in [0.717, 1.165) is 5.56 Å². The Balaban J connectivity index is 2.07. The molecule has 2 aromatic carbocycles. The van der Waals surface area contributed by atoms with Crippen LogP contribution in [0.3, 0.4) is 0 Å². The van der Waals surface area contributed by atoms with Crippen LogP contribution in [0.2, 0.25) is 0 Å². The van der Waals surface area contributed by atoms with E-state index in [9.17, 15) is 14.9 Å². The lowest BCUT2D eigenvalue weighted by atomic mass is 10.1. The predicted molar refractivity (Wildman–Crippen MR) is 79.3 cm³/mol. The lowest BCUT2D eigenvalue weighted by Crippen LogP contribution is -2.02. The van der Waals surface area contributed by atoms with E-state index in [1.165, 1.54) is 17.8 Å². The van der Waals surface area contributed by atoms with Crippen molar-refractivity contribution < 1.29 is 9.72 Å². The van der Waals surface area contributed by atoms with E-state index in [2.05, 4.69) is 0 Å². The number of nitro groups is 1. The molecule has 0 aliphatic rings. The van der Waals surface area contributed by atoms with Gasteiger partial charge in [-0.1, -0.05) is 42.0 Å². The molecule has 102 valence electrons. The second kappa shape index (κ2) is 6.34. The zero-order valence-corrected chi connectivity index (χ0v) is 11.7. The van der Waals surface area contributed by atoms with Crippen molar-refractivity contribution in [2.75, 3.05) is 5.75 Å². The number of aryl methyl sites for hydroxylation is 1. The van der Waals surface area contributed by atoms with Crippen molar-refractivity contribution in [2.45, 2.75) is 11.8 Å². The van der Waals surface area contributed by atoms with Crippen LogP contribution in [-0.2, 0) is 0 Å². The summed E-state index contributed by atoms with van der Waals surface area (Å²) in [4.78, 5) is 23.0. The third-order valence-corrected chi connectivity index (χ3v) is 3.86. The van der Waals surface area contributed by atoms with Crippen molar-refractivity contribution in [1.82, 2.24) is 0 Å². The van der Waals surface area contributed by atoms with E-state index < -0.39 is 4.92 Å². The Kier molecular flexibility index (Phi) is 4.53. The van der Waals surface area contributed by atoms with Crippen LogP contribution >= 0.6 is 11.8 Å². The molecule has 0 amide bonds. The molecule has 0 N–H and O–H groups in total. The van der Waals surface area contributed by atoms with Gasteiger partial charge in [-0.25, -0.2) is 0 Å². The third kappa shape index (κ3) is 3.45. The van der Waals surface area contributed by atoms with Gasteiger partial charge in [-0.2, -0.15) is 0 Å². The lowest BCUT2D eigenvalue weighted by Gasteiger charge is -2.03. The lowest BCUT2D eigenvalue weighted by molar-refractivity contribution is -0.387. The highest BCUT2D eigenvalue weighted by atomic mass is 32.2. The number of thioether (sulfide) groups is 1. The molecule has 0 radical (unpaired) electrons. The first-order valence-electron chi connectivity index (χ1n) is 6.04. The van der Waals surface area contributed by atoms with Crippen molar-refractivity contribution >= 4 is 23.2 Å². The highest BCUT2D eigenvalue weighted by molar-refractivity contribution is 8.00. The summed E-state index contributed by atoms with van der Waals surface area (Å²) in [5.41, 5.74) is 1.75. The number of hydrogen-bond acceptors (Lipinski definition) is 4. The molecule has 20 heavy (non-hydrogen) atoms. The Hall–Kier alpha value is -2.14. The Bertz CT molecular complexity index is 638. The zero-order valence-electron chi connectivity index (χ0n) is 10.9. The summed E-state index contributed by atoms with van der Waals surface area (Å²) in [5.74, 6) is 0.154. The van der Waals surface area contributed by atoms with Crippen molar-refractivity contribution in [2.24, 2.45) is 0 Å². The number of carbonyl (C=O) groups excluding carboxylic acids is 1. The van der Waals surface area contributed by atoms with Crippen LogP contribution in [0.15, 0.2) is 53.4 Å². The molecule has 0 aromatic heterocycles. The smallest absolute Gasteiger partial charge is 0.282 e. The van der Waals surface area contributed by atoms with Crippen LogP contribution in [0.4, 0.5) is 5.69 Å². The Morgan fingerprint density at radius 2 is 1.80 bits per heavy atom. The standard InChI is InChI=1S/C15H13NO3S/c1-11-6-8-12(9-7-11)14(17)10-20-15-5-3-2-4-13(15)16(18)19/h2-9H,10H2,1H3. The van der Waals surface area contributed by atoms with E-state index in [1.807, 2.05) is 19.1 Å². The highest BCUT2D eigenvalue weighted by Gasteiger charge is 2.14. The van der Waals surface area contributed by atoms with Gasteiger partial charge < -0.3 is 0 Å². The van der Waals surface area contributed by atoms with Crippen LogP contribution in [0, 0.1) is 17.0 Å². The summed E-state index contributed by atoms with van der Waals surface area (Å²) in [6.45, 7) is 1.95. The minimum Gasteiger partial charge on any atom is -0.293 e. The molecule has 0 saturated heterocycles. The van der Waals surface area contributed by atoms with E-state index in [-0.39, 0.29) is 17.2 Å². The molecule has 0 saturated carbocycles. The van der Waals surface area contributed by atoms with Crippen molar-refractivity contribution in [1.29, 1.82) is 0 Å². The van der Waals surface area contributed by atoms with Gasteiger partial charge in [-0.15, -0.1) is 11.8 Å². The van der Waals surface area contributed by atoms with Gasteiger partial charge in [0, 0.05) is 11.6 Å².